The topological polar surface area (TPSA) is 76.2 Å². The number of anilines is 1. The first-order chi connectivity index (χ1) is 10.2. The van der Waals surface area contributed by atoms with Crippen molar-refractivity contribution in [2.45, 2.75) is 39.4 Å². The molecule has 0 aromatic carbocycles. The SMILES string of the molecule is CC[C@@H](C(=O)Nc1cc(C)on1)N1CCn2ccnc2C1. The zero-order chi connectivity index (χ0) is 14.8. The van der Waals surface area contributed by atoms with Crippen molar-refractivity contribution in [2.24, 2.45) is 0 Å². The molecule has 1 N–H and O–H groups in total. The van der Waals surface area contributed by atoms with Crippen LogP contribution in [0.2, 0.25) is 0 Å². The third-order valence-corrected chi connectivity index (χ3v) is 3.78. The van der Waals surface area contributed by atoms with Gasteiger partial charge in [-0.3, -0.25) is 9.69 Å². The van der Waals surface area contributed by atoms with Gasteiger partial charge in [0.05, 0.1) is 12.6 Å². The molecule has 1 aliphatic rings. The number of rotatable bonds is 4. The first-order valence-electron chi connectivity index (χ1n) is 7.15. The van der Waals surface area contributed by atoms with Gasteiger partial charge in [-0.05, 0) is 13.3 Å². The third-order valence-electron chi connectivity index (χ3n) is 3.78. The molecule has 0 saturated carbocycles. The molecule has 3 heterocycles. The number of aromatic nitrogens is 3. The molecule has 2 aromatic rings. The summed E-state index contributed by atoms with van der Waals surface area (Å²) in [6.45, 7) is 6.20. The summed E-state index contributed by atoms with van der Waals surface area (Å²) in [7, 11) is 0. The summed E-state index contributed by atoms with van der Waals surface area (Å²) in [5, 5.41) is 6.62. The van der Waals surface area contributed by atoms with Crippen LogP contribution in [0, 0.1) is 6.92 Å². The van der Waals surface area contributed by atoms with E-state index in [1.54, 1.807) is 19.2 Å². The zero-order valence-corrected chi connectivity index (χ0v) is 12.2. The van der Waals surface area contributed by atoms with Gasteiger partial charge in [-0.1, -0.05) is 12.1 Å². The van der Waals surface area contributed by atoms with Crippen LogP contribution in [-0.4, -0.2) is 38.1 Å². The average Bonchev–Trinajstić information content (AvgIpc) is 3.08. The number of carbonyl (C=O) groups excluding carboxylic acids is 1. The highest BCUT2D eigenvalue weighted by Gasteiger charge is 2.28. The highest BCUT2D eigenvalue weighted by Crippen LogP contribution is 2.17. The van der Waals surface area contributed by atoms with Gasteiger partial charge in [-0.25, -0.2) is 4.98 Å². The van der Waals surface area contributed by atoms with Crippen molar-refractivity contribution in [1.29, 1.82) is 0 Å². The van der Waals surface area contributed by atoms with Gasteiger partial charge in [-0.15, -0.1) is 0 Å². The number of amides is 1. The Balaban J connectivity index is 1.69. The van der Waals surface area contributed by atoms with Gasteiger partial charge >= 0.3 is 0 Å². The lowest BCUT2D eigenvalue weighted by Gasteiger charge is -2.33. The summed E-state index contributed by atoms with van der Waals surface area (Å²) in [5.74, 6) is 2.10. The first kappa shape index (κ1) is 13.8. The molecule has 112 valence electrons. The van der Waals surface area contributed by atoms with Crippen molar-refractivity contribution in [3.05, 3.63) is 30.0 Å². The van der Waals surface area contributed by atoms with Crippen molar-refractivity contribution in [3.63, 3.8) is 0 Å². The molecule has 0 bridgehead atoms. The van der Waals surface area contributed by atoms with E-state index in [4.69, 9.17) is 4.52 Å². The molecule has 2 aromatic heterocycles. The van der Waals surface area contributed by atoms with E-state index in [0.717, 1.165) is 25.3 Å². The van der Waals surface area contributed by atoms with Gasteiger partial charge in [0.1, 0.15) is 11.6 Å². The van der Waals surface area contributed by atoms with E-state index in [1.165, 1.54) is 0 Å². The van der Waals surface area contributed by atoms with Crippen LogP contribution in [0.15, 0.2) is 23.0 Å². The summed E-state index contributed by atoms with van der Waals surface area (Å²) >= 11 is 0. The van der Waals surface area contributed by atoms with Crippen molar-refractivity contribution in [1.82, 2.24) is 19.6 Å². The molecule has 21 heavy (non-hydrogen) atoms. The number of aryl methyl sites for hydroxylation is 1. The number of imidazole rings is 1. The average molecular weight is 289 g/mol. The maximum Gasteiger partial charge on any atom is 0.242 e. The van der Waals surface area contributed by atoms with E-state index < -0.39 is 0 Å². The van der Waals surface area contributed by atoms with Crippen molar-refractivity contribution in [3.8, 4) is 0 Å². The fourth-order valence-corrected chi connectivity index (χ4v) is 2.70. The Labute approximate surface area is 122 Å². The van der Waals surface area contributed by atoms with E-state index in [1.807, 2.05) is 13.1 Å². The van der Waals surface area contributed by atoms with E-state index in [2.05, 4.69) is 24.9 Å². The summed E-state index contributed by atoms with van der Waals surface area (Å²) in [6.07, 6.45) is 4.52. The molecule has 1 amide bonds. The summed E-state index contributed by atoms with van der Waals surface area (Å²) < 4.78 is 7.10. The number of nitrogens with zero attached hydrogens (tertiary/aromatic N) is 4. The van der Waals surface area contributed by atoms with Gasteiger partial charge in [0.25, 0.3) is 0 Å². The highest BCUT2D eigenvalue weighted by molar-refractivity contribution is 5.93. The quantitative estimate of drug-likeness (QED) is 0.921. The van der Waals surface area contributed by atoms with E-state index in [9.17, 15) is 4.79 Å². The van der Waals surface area contributed by atoms with Gasteiger partial charge in [0.15, 0.2) is 5.82 Å². The lowest BCUT2D eigenvalue weighted by Crippen LogP contribution is -2.47. The minimum absolute atomic E-state index is 0.0502. The molecular weight excluding hydrogens is 270 g/mol. The Bertz CT molecular complexity index is 633. The van der Waals surface area contributed by atoms with E-state index in [0.29, 0.717) is 18.1 Å². The fraction of sp³-hybridized carbons (Fsp3) is 0.500. The lowest BCUT2D eigenvalue weighted by atomic mass is 10.1. The normalized spacial score (nSPS) is 16.5. The second kappa shape index (κ2) is 5.69. The Hall–Kier alpha value is -2.15. The van der Waals surface area contributed by atoms with Crippen molar-refractivity contribution < 1.29 is 9.32 Å². The van der Waals surface area contributed by atoms with Gasteiger partial charge in [0, 0.05) is 31.5 Å². The first-order valence-corrected chi connectivity index (χ1v) is 7.15. The standard InChI is InChI=1S/C14H19N5O2/c1-3-11(14(20)16-12-8-10(2)21-17-12)19-7-6-18-5-4-15-13(18)9-19/h4-5,8,11H,3,6-7,9H2,1-2H3,(H,16,17,20)/t11-/m0/s1. The van der Waals surface area contributed by atoms with Crippen LogP contribution >= 0.6 is 0 Å². The molecule has 0 unspecified atom stereocenters. The molecule has 0 saturated heterocycles. The summed E-state index contributed by atoms with van der Waals surface area (Å²) in [4.78, 5) is 18.9. The van der Waals surface area contributed by atoms with Crippen LogP contribution in [0.5, 0.6) is 0 Å². The predicted molar refractivity (Wildman–Crippen MR) is 76.6 cm³/mol. The number of hydrogen-bond donors (Lipinski definition) is 1. The van der Waals surface area contributed by atoms with Crippen molar-refractivity contribution in [2.75, 3.05) is 11.9 Å². The van der Waals surface area contributed by atoms with Crippen LogP contribution < -0.4 is 5.32 Å². The second-order valence-electron chi connectivity index (χ2n) is 5.24. The Morgan fingerprint density at radius 1 is 1.52 bits per heavy atom. The minimum Gasteiger partial charge on any atom is -0.360 e. The van der Waals surface area contributed by atoms with Crippen molar-refractivity contribution >= 4 is 11.7 Å². The van der Waals surface area contributed by atoms with Crippen LogP contribution in [0.4, 0.5) is 5.82 Å². The molecule has 3 rings (SSSR count). The molecule has 0 aliphatic carbocycles. The Morgan fingerprint density at radius 2 is 2.38 bits per heavy atom. The predicted octanol–water partition coefficient (Wildman–Crippen LogP) is 1.41. The molecule has 7 heteroatoms. The van der Waals surface area contributed by atoms with Gasteiger partial charge in [-0.2, -0.15) is 0 Å². The van der Waals surface area contributed by atoms with Crippen LogP contribution in [0.25, 0.3) is 0 Å². The highest BCUT2D eigenvalue weighted by atomic mass is 16.5. The Kier molecular flexibility index (Phi) is 3.74. The monoisotopic (exact) mass is 289 g/mol. The van der Waals surface area contributed by atoms with Crippen LogP contribution in [0.3, 0.4) is 0 Å². The van der Waals surface area contributed by atoms with E-state index >= 15 is 0 Å². The second-order valence-corrected chi connectivity index (χ2v) is 5.24. The fourth-order valence-electron chi connectivity index (χ4n) is 2.70. The molecule has 1 atom stereocenters. The maximum atomic E-state index is 12.4. The lowest BCUT2D eigenvalue weighted by molar-refractivity contribution is -0.122. The zero-order valence-electron chi connectivity index (χ0n) is 12.2. The molecule has 0 fully saturated rings. The molecule has 7 nitrogen and oxygen atoms in total. The summed E-state index contributed by atoms with van der Waals surface area (Å²) in [6, 6.07) is 1.53. The molecule has 0 spiro atoms. The molecule has 1 aliphatic heterocycles. The smallest absolute Gasteiger partial charge is 0.242 e. The van der Waals surface area contributed by atoms with Gasteiger partial charge in [0.2, 0.25) is 5.91 Å². The molecular formula is C14H19N5O2. The largest absolute Gasteiger partial charge is 0.360 e. The number of carbonyl (C=O) groups is 1. The molecule has 0 radical (unpaired) electrons. The Morgan fingerprint density at radius 3 is 3.10 bits per heavy atom. The number of fused-ring (bicyclic) bond motifs is 1. The number of hydrogen-bond acceptors (Lipinski definition) is 5. The number of nitrogens with one attached hydrogen (secondary N) is 1. The third kappa shape index (κ3) is 2.82. The minimum atomic E-state index is -0.188. The van der Waals surface area contributed by atoms with Gasteiger partial charge < -0.3 is 14.4 Å². The summed E-state index contributed by atoms with van der Waals surface area (Å²) in [5.41, 5.74) is 0. The van der Waals surface area contributed by atoms with E-state index in [-0.39, 0.29) is 11.9 Å². The maximum absolute atomic E-state index is 12.4. The van der Waals surface area contributed by atoms with Crippen LogP contribution in [-0.2, 0) is 17.9 Å². The van der Waals surface area contributed by atoms with Crippen LogP contribution in [0.1, 0.15) is 24.9 Å².